The van der Waals surface area contributed by atoms with Crippen molar-refractivity contribution >= 4 is 27.3 Å². The number of thiophene rings is 1. The second-order valence-corrected chi connectivity index (χ2v) is 2.64. The third-order valence-electron chi connectivity index (χ3n) is 0.486. The van der Waals surface area contributed by atoms with Crippen molar-refractivity contribution in [3.63, 3.8) is 0 Å². The van der Waals surface area contributed by atoms with Crippen LogP contribution >= 0.6 is 27.3 Å². The summed E-state index contributed by atoms with van der Waals surface area (Å²) in [6, 6.07) is 2.02. The molecule has 0 atom stereocenters. The Kier molecular flexibility index (Phi) is 4.79. The van der Waals surface area contributed by atoms with E-state index in [4.69, 9.17) is 0 Å². The molecule has 0 fully saturated rings. The Morgan fingerprint density at radius 1 is 1.71 bits per heavy atom. The van der Waals surface area contributed by atoms with Gasteiger partial charge in [-0.15, -0.1) is 0 Å². The molecule has 0 aliphatic rings. The summed E-state index contributed by atoms with van der Waals surface area (Å²) in [5.74, 6) is 0. The summed E-state index contributed by atoms with van der Waals surface area (Å²) in [6.45, 7) is 0. The van der Waals surface area contributed by atoms with Crippen LogP contribution in [0.4, 0.5) is 0 Å². The monoisotopic (exact) mass is 186 g/mol. The Morgan fingerprint density at radius 3 is 2.57 bits per heavy atom. The molecule has 0 radical (unpaired) electrons. The van der Waals surface area contributed by atoms with Crippen LogP contribution in [-0.4, -0.2) is 0 Å². The Hall–Kier alpha value is 1.18. The second-order valence-electron chi connectivity index (χ2n) is 0.942. The molecule has 0 saturated heterocycles. The minimum absolute atomic E-state index is 0. The van der Waals surface area contributed by atoms with Gasteiger partial charge in [-0.3, -0.25) is 0 Å². The van der Waals surface area contributed by atoms with E-state index < -0.39 is 0 Å². The molecule has 0 saturated carbocycles. The normalized spacial score (nSPS) is 7.57. The van der Waals surface area contributed by atoms with Crippen LogP contribution in [0.5, 0.6) is 0 Å². The van der Waals surface area contributed by atoms with Crippen molar-refractivity contribution in [3.05, 3.63) is 21.3 Å². The Morgan fingerprint density at radius 2 is 2.43 bits per heavy atom. The van der Waals surface area contributed by atoms with Crippen LogP contribution in [0.1, 0.15) is 1.43 Å². The summed E-state index contributed by atoms with van der Waals surface area (Å²) in [4.78, 5) is 0. The zero-order chi connectivity index (χ0) is 4.41. The fourth-order valence-corrected chi connectivity index (χ4v) is 1.39. The third kappa shape index (κ3) is 2.88. The van der Waals surface area contributed by atoms with E-state index in [1.54, 1.807) is 11.3 Å². The van der Waals surface area contributed by atoms with E-state index in [1.165, 1.54) is 4.47 Å². The molecule has 0 aliphatic heterocycles. The molecule has 3 heteroatoms. The Bertz CT molecular complexity index is 120. The van der Waals surface area contributed by atoms with Gasteiger partial charge in [-0.2, -0.15) is 11.3 Å². The Labute approximate surface area is 78.8 Å². The first-order valence-electron chi connectivity index (χ1n) is 1.57. The molecule has 0 spiro atoms. The first-order chi connectivity index (χ1) is 2.89. The maximum absolute atomic E-state index is 3.29. The first-order valence-corrected chi connectivity index (χ1v) is 3.31. The van der Waals surface area contributed by atoms with E-state index >= 15 is 0 Å². The van der Waals surface area contributed by atoms with Crippen molar-refractivity contribution in [1.29, 1.82) is 0 Å². The molecule has 1 heterocycles. The maximum Gasteiger partial charge on any atom is 1.00 e. The van der Waals surface area contributed by atoms with Gasteiger partial charge in [-0.1, -0.05) is 0 Å². The molecule has 0 bridgehead atoms. The van der Waals surface area contributed by atoms with Crippen molar-refractivity contribution < 1.29 is 31.0 Å². The van der Waals surface area contributed by atoms with Gasteiger partial charge < -0.3 is 1.43 Å². The van der Waals surface area contributed by atoms with E-state index in [-0.39, 0.29) is 31.0 Å². The molecule has 1 aromatic heterocycles. The fraction of sp³-hybridized carbons (Fsp3) is 0. The van der Waals surface area contributed by atoms with Gasteiger partial charge in [0.15, 0.2) is 0 Å². The number of rotatable bonds is 0. The van der Waals surface area contributed by atoms with E-state index in [2.05, 4.69) is 15.9 Å². The van der Waals surface area contributed by atoms with Gasteiger partial charge in [-0.25, -0.2) is 0 Å². The zero-order valence-corrected chi connectivity index (χ0v) is 8.42. The van der Waals surface area contributed by atoms with Crippen molar-refractivity contribution in [1.82, 2.24) is 0 Å². The molecule has 34 valence electrons. The summed E-state index contributed by atoms with van der Waals surface area (Å²) in [6.07, 6.45) is 0. The molecule has 1 aromatic rings. The quantitative estimate of drug-likeness (QED) is 0.486. The first kappa shape index (κ1) is 8.18. The number of hydrogen-bond acceptors (Lipinski definition) is 1. The van der Waals surface area contributed by atoms with E-state index in [9.17, 15) is 0 Å². The van der Waals surface area contributed by atoms with Gasteiger partial charge in [0.1, 0.15) is 0 Å². The minimum atomic E-state index is 0. The van der Waals surface area contributed by atoms with Gasteiger partial charge in [0, 0.05) is 9.85 Å². The van der Waals surface area contributed by atoms with Crippen LogP contribution in [0.2, 0.25) is 0 Å². The standard InChI is InChI=1S/C4H3BrS.Na.H/c5-4-1-2-6-3-4;;/h1-3H;;/q;+1;-1. The topological polar surface area (TPSA) is 0 Å². The zero-order valence-electron chi connectivity index (χ0n) is 5.02. The number of hydrogen-bond donors (Lipinski definition) is 0. The van der Waals surface area contributed by atoms with Crippen LogP contribution in [-0.2, 0) is 0 Å². The summed E-state index contributed by atoms with van der Waals surface area (Å²) >= 11 is 4.98. The van der Waals surface area contributed by atoms with E-state index in [1.807, 2.05) is 16.8 Å². The van der Waals surface area contributed by atoms with Gasteiger partial charge in [0.25, 0.3) is 0 Å². The van der Waals surface area contributed by atoms with E-state index in [0.717, 1.165) is 0 Å². The van der Waals surface area contributed by atoms with Gasteiger partial charge >= 0.3 is 29.6 Å². The molecule has 0 amide bonds. The largest absolute Gasteiger partial charge is 1.00 e. The van der Waals surface area contributed by atoms with Gasteiger partial charge in [-0.05, 0) is 27.4 Å². The number of halogens is 1. The van der Waals surface area contributed by atoms with Crippen LogP contribution in [0, 0.1) is 0 Å². The average molecular weight is 187 g/mol. The third-order valence-corrected chi connectivity index (χ3v) is 1.97. The molecule has 0 nitrogen and oxygen atoms in total. The van der Waals surface area contributed by atoms with Gasteiger partial charge in [0.05, 0.1) is 0 Å². The second kappa shape index (κ2) is 4.10. The average Bonchev–Trinajstić information content (AvgIpc) is 1.86. The van der Waals surface area contributed by atoms with Crippen LogP contribution in [0.25, 0.3) is 0 Å². The van der Waals surface area contributed by atoms with Crippen molar-refractivity contribution in [2.24, 2.45) is 0 Å². The fourth-order valence-electron chi connectivity index (χ4n) is 0.248. The molecular weight excluding hydrogens is 183 g/mol. The SMILES string of the molecule is Brc1ccsc1.[H-].[Na+]. The molecule has 0 aromatic carbocycles. The molecule has 7 heavy (non-hydrogen) atoms. The van der Waals surface area contributed by atoms with Crippen LogP contribution in [0.3, 0.4) is 0 Å². The smallest absolute Gasteiger partial charge is 1.00 e. The summed E-state index contributed by atoms with van der Waals surface area (Å²) < 4.78 is 1.17. The summed E-state index contributed by atoms with van der Waals surface area (Å²) in [5, 5.41) is 4.07. The molecule has 1 rings (SSSR count). The van der Waals surface area contributed by atoms with Gasteiger partial charge in [0.2, 0.25) is 0 Å². The van der Waals surface area contributed by atoms with E-state index in [0.29, 0.717) is 0 Å². The Balaban J connectivity index is 0. The molecular formula is C4H4BrNaS. The summed E-state index contributed by atoms with van der Waals surface area (Å²) in [5.41, 5.74) is 0. The molecule has 0 aliphatic carbocycles. The van der Waals surface area contributed by atoms with Crippen molar-refractivity contribution in [2.75, 3.05) is 0 Å². The minimum Gasteiger partial charge on any atom is -1.00 e. The molecule has 0 N–H and O–H groups in total. The molecule has 0 unspecified atom stereocenters. The summed E-state index contributed by atoms with van der Waals surface area (Å²) in [7, 11) is 0. The van der Waals surface area contributed by atoms with Crippen LogP contribution < -0.4 is 29.6 Å². The van der Waals surface area contributed by atoms with Crippen molar-refractivity contribution in [2.45, 2.75) is 0 Å². The predicted molar refractivity (Wildman–Crippen MR) is 33.1 cm³/mol. The van der Waals surface area contributed by atoms with Crippen molar-refractivity contribution in [3.8, 4) is 0 Å². The predicted octanol–water partition coefficient (Wildman–Crippen LogP) is -0.373. The van der Waals surface area contributed by atoms with Crippen LogP contribution in [0.15, 0.2) is 21.3 Å². The maximum atomic E-state index is 3.29.